The van der Waals surface area contributed by atoms with Crippen molar-refractivity contribution in [3.63, 3.8) is 0 Å². The maximum absolute atomic E-state index is 6.15. The fraction of sp³-hybridized carbons (Fsp3) is 0.647. The van der Waals surface area contributed by atoms with Crippen LogP contribution in [0.4, 0.5) is 0 Å². The van der Waals surface area contributed by atoms with Crippen molar-refractivity contribution in [2.75, 3.05) is 13.2 Å². The SMILES string of the molecule is CCCC(C)COC(CNC1CC1)c1cccc(Cl)c1. The average molecular weight is 296 g/mol. The molecule has 1 aliphatic rings. The molecule has 1 fully saturated rings. The zero-order valence-electron chi connectivity index (χ0n) is 12.6. The van der Waals surface area contributed by atoms with Gasteiger partial charge in [0.2, 0.25) is 0 Å². The van der Waals surface area contributed by atoms with Gasteiger partial charge in [-0.15, -0.1) is 0 Å². The van der Waals surface area contributed by atoms with Crippen molar-refractivity contribution in [1.82, 2.24) is 5.32 Å². The number of halogens is 1. The fourth-order valence-corrected chi connectivity index (χ4v) is 2.60. The summed E-state index contributed by atoms with van der Waals surface area (Å²) in [5, 5.41) is 4.34. The van der Waals surface area contributed by atoms with Crippen LogP contribution in [0.15, 0.2) is 24.3 Å². The smallest absolute Gasteiger partial charge is 0.0949 e. The molecular weight excluding hydrogens is 270 g/mol. The van der Waals surface area contributed by atoms with E-state index in [4.69, 9.17) is 16.3 Å². The van der Waals surface area contributed by atoms with Gasteiger partial charge in [0, 0.05) is 17.6 Å². The van der Waals surface area contributed by atoms with Crippen LogP contribution in [-0.4, -0.2) is 19.2 Å². The molecule has 0 spiro atoms. The lowest BCUT2D eigenvalue weighted by Crippen LogP contribution is -2.26. The summed E-state index contributed by atoms with van der Waals surface area (Å²) in [5.74, 6) is 0.614. The highest BCUT2D eigenvalue weighted by Crippen LogP contribution is 2.24. The van der Waals surface area contributed by atoms with Crippen molar-refractivity contribution < 1.29 is 4.74 Å². The zero-order valence-corrected chi connectivity index (χ0v) is 13.3. The molecule has 2 unspecified atom stereocenters. The van der Waals surface area contributed by atoms with E-state index in [0.717, 1.165) is 18.2 Å². The summed E-state index contributed by atoms with van der Waals surface area (Å²) in [6.45, 7) is 6.17. The molecule has 112 valence electrons. The van der Waals surface area contributed by atoms with Crippen molar-refractivity contribution in [3.05, 3.63) is 34.9 Å². The first-order valence-electron chi connectivity index (χ1n) is 7.79. The molecule has 2 rings (SSSR count). The highest BCUT2D eigenvalue weighted by atomic mass is 35.5. The Morgan fingerprint density at radius 3 is 2.85 bits per heavy atom. The Morgan fingerprint density at radius 2 is 2.20 bits per heavy atom. The van der Waals surface area contributed by atoms with E-state index in [-0.39, 0.29) is 6.10 Å². The van der Waals surface area contributed by atoms with Crippen molar-refractivity contribution in [1.29, 1.82) is 0 Å². The van der Waals surface area contributed by atoms with Crippen LogP contribution in [-0.2, 0) is 4.74 Å². The van der Waals surface area contributed by atoms with Crippen LogP contribution in [0.1, 0.15) is 51.2 Å². The second-order valence-corrected chi connectivity index (χ2v) is 6.39. The summed E-state index contributed by atoms with van der Waals surface area (Å²) in [6, 6.07) is 8.74. The quantitative estimate of drug-likeness (QED) is 0.719. The van der Waals surface area contributed by atoms with Crippen LogP contribution in [0.25, 0.3) is 0 Å². The molecule has 1 aromatic rings. The molecule has 0 saturated heterocycles. The molecule has 0 amide bonds. The minimum atomic E-state index is 0.105. The summed E-state index contributed by atoms with van der Waals surface area (Å²) in [4.78, 5) is 0. The molecule has 3 heteroatoms. The van der Waals surface area contributed by atoms with Gasteiger partial charge in [0.15, 0.2) is 0 Å². The van der Waals surface area contributed by atoms with Crippen LogP contribution >= 0.6 is 11.6 Å². The van der Waals surface area contributed by atoms with Crippen LogP contribution in [0.3, 0.4) is 0 Å². The lowest BCUT2D eigenvalue weighted by Gasteiger charge is -2.21. The Labute approximate surface area is 127 Å². The third-order valence-electron chi connectivity index (χ3n) is 3.75. The molecule has 0 bridgehead atoms. The maximum Gasteiger partial charge on any atom is 0.0949 e. The molecule has 0 aliphatic heterocycles. The first kappa shape index (κ1) is 15.8. The molecule has 0 heterocycles. The molecule has 2 nitrogen and oxygen atoms in total. The Hall–Kier alpha value is -0.570. The van der Waals surface area contributed by atoms with E-state index in [1.54, 1.807) is 0 Å². The van der Waals surface area contributed by atoms with Crippen LogP contribution in [0, 0.1) is 5.92 Å². The second kappa shape index (κ2) is 8.02. The lowest BCUT2D eigenvalue weighted by molar-refractivity contribution is 0.0297. The number of rotatable bonds is 9. The highest BCUT2D eigenvalue weighted by molar-refractivity contribution is 6.30. The molecule has 0 radical (unpaired) electrons. The predicted molar refractivity (Wildman–Crippen MR) is 85.2 cm³/mol. The summed E-state index contributed by atoms with van der Waals surface area (Å²) < 4.78 is 6.15. The van der Waals surface area contributed by atoms with Gasteiger partial charge in [-0.3, -0.25) is 0 Å². The molecule has 20 heavy (non-hydrogen) atoms. The second-order valence-electron chi connectivity index (χ2n) is 5.95. The minimum absolute atomic E-state index is 0.105. The zero-order chi connectivity index (χ0) is 14.4. The molecule has 1 aliphatic carbocycles. The van der Waals surface area contributed by atoms with Gasteiger partial charge in [-0.2, -0.15) is 0 Å². The predicted octanol–water partition coefficient (Wildman–Crippen LogP) is 4.59. The first-order chi connectivity index (χ1) is 9.69. The van der Waals surface area contributed by atoms with Gasteiger partial charge in [0.1, 0.15) is 0 Å². The Kier molecular flexibility index (Phi) is 6.34. The molecular formula is C17H26ClNO. The summed E-state index contributed by atoms with van der Waals surface area (Å²) >= 11 is 6.10. The Bertz CT molecular complexity index is 406. The van der Waals surface area contributed by atoms with Crippen LogP contribution in [0.2, 0.25) is 5.02 Å². The van der Waals surface area contributed by atoms with Crippen molar-refractivity contribution in [2.45, 2.75) is 51.7 Å². The van der Waals surface area contributed by atoms with Gasteiger partial charge in [0.25, 0.3) is 0 Å². The Balaban J connectivity index is 1.92. The first-order valence-corrected chi connectivity index (χ1v) is 8.17. The number of hydrogen-bond donors (Lipinski definition) is 1. The molecule has 2 atom stereocenters. The minimum Gasteiger partial charge on any atom is -0.372 e. The fourth-order valence-electron chi connectivity index (χ4n) is 2.40. The molecule has 0 aromatic heterocycles. The standard InChI is InChI=1S/C17H26ClNO/c1-3-5-13(2)12-20-17(11-19-16-8-9-16)14-6-4-7-15(18)10-14/h4,6-7,10,13,16-17,19H,3,5,8-9,11-12H2,1-2H3. The van der Waals surface area contributed by atoms with Gasteiger partial charge in [-0.1, -0.05) is 44.0 Å². The van der Waals surface area contributed by atoms with E-state index in [1.807, 2.05) is 18.2 Å². The molecule has 1 aromatic carbocycles. The van der Waals surface area contributed by atoms with E-state index in [0.29, 0.717) is 12.0 Å². The largest absolute Gasteiger partial charge is 0.372 e. The van der Waals surface area contributed by atoms with E-state index < -0.39 is 0 Å². The van der Waals surface area contributed by atoms with Crippen LogP contribution < -0.4 is 5.32 Å². The molecule has 1 N–H and O–H groups in total. The van der Waals surface area contributed by atoms with Gasteiger partial charge < -0.3 is 10.1 Å². The maximum atomic E-state index is 6.15. The summed E-state index contributed by atoms with van der Waals surface area (Å²) in [5.41, 5.74) is 1.18. The van der Waals surface area contributed by atoms with E-state index >= 15 is 0 Å². The van der Waals surface area contributed by atoms with Gasteiger partial charge in [0.05, 0.1) is 12.7 Å². The van der Waals surface area contributed by atoms with E-state index in [9.17, 15) is 0 Å². The van der Waals surface area contributed by atoms with Gasteiger partial charge in [-0.25, -0.2) is 0 Å². The van der Waals surface area contributed by atoms with Crippen molar-refractivity contribution >= 4 is 11.6 Å². The normalized spacial score (nSPS) is 17.9. The summed E-state index contributed by atoms with van der Waals surface area (Å²) in [7, 11) is 0. The Morgan fingerprint density at radius 1 is 1.40 bits per heavy atom. The van der Waals surface area contributed by atoms with E-state index in [2.05, 4.69) is 25.2 Å². The highest BCUT2D eigenvalue weighted by Gasteiger charge is 2.23. The van der Waals surface area contributed by atoms with Crippen molar-refractivity contribution in [3.8, 4) is 0 Å². The monoisotopic (exact) mass is 295 g/mol. The number of nitrogens with one attached hydrogen (secondary N) is 1. The third-order valence-corrected chi connectivity index (χ3v) is 3.99. The topological polar surface area (TPSA) is 21.3 Å². The summed E-state index contributed by atoms with van der Waals surface area (Å²) in [6.07, 6.45) is 5.14. The number of ether oxygens (including phenoxy) is 1. The van der Waals surface area contributed by atoms with Gasteiger partial charge >= 0.3 is 0 Å². The van der Waals surface area contributed by atoms with Gasteiger partial charge in [-0.05, 0) is 42.9 Å². The van der Waals surface area contributed by atoms with Crippen molar-refractivity contribution in [2.24, 2.45) is 5.92 Å². The third kappa shape index (κ3) is 5.43. The van der Waals surface area contributed by atoms with E-state index in [1.165, 1.54) is 31.2 Å². The molecule has 1 saturated carbocycles. The lowest BCUT2D eigenvalue weighted by atomic mass is 10.1. The average Bonchev–Trinajstić information content (AvgIpc) is 3.23. The number of hydrogen-bond acceptors (Lipinski definition) is 2. The number of benzene rings is 1. The van der Waals surface area contributed by atoms with Crippen LogP contribution in [0.5, 0.6) is 0 Å².